The van der Waals surface area contributed by atoms with Gasteiger partial charge in [-0.05, 0) is 38.0 Å². The van der Waals surface area contributed by atoms with Crippen LogP contribution < -0.4 is 0 Å². The van der Waals surface area contributed by atoms with Gasteiger partial charge in [-0.3, -0.25) is 9.69 Å². The van der Waals surface area contributed by atoms with E-state index >= 15 is 0 Å². The van der Waals surface area contributed by atoms with Gasteiger partial charge < -0.3 is 14.4 Å². The van der Waals surface area contributed by atoms with E-state index in [0.29, 0.717) is 17.9 Å². The summed E-state index contributed by atoms with van der Waals surface area (Å²) in [5.41, 5.74) is 0. The predicted octanol–water partition coefficient (Wildman–Crippen LogP) is 2.69. The van der Waals surface area contributed by atoms with Gasteiger partial charge in [-0.15, -0.1) is 0 Å². The Hall–Kier alpha value is -0.650. The van der Waals surface area contributed by atoms with Gasteiger partial charge in [0, 0.05) is 51.9 Å². The normalized spacial score (nSPS) is 24.3. The molecule has 0 spiro atoms. The van der Waals surface area contributed by atoms with E-state index in [1.165, 1.54) is 32.1 Å². The van der Waals surface area contributed by atoms with Crippen LogP contribution in [-0.2, 0) is 14.3 Å². The molecule has 2 saturated heterocycles. The third-order valence-electron chi connectivity index (χ3n) is 6.12. The minimum absolute atomic E-state index is 0.398. The first-order valence-electron chi connectivity index (χ1n) is 10.5. The molecule has 3 aliphatic rings. The van der Waals surface area contributed by atoms with Gasteiger partial charge in [0.05, 0.1) is 13.2 Å². The van der Waals surface area contributed by atoms with Crippen molar-refractivity contribution < 1.29 is 14.3 Å². The Morgan fingerprint density at radius 3 is 2.32 bits per heavy atom. The highest BCUT2D eigenvalue weighted by atomic mass is 16.5. The van der Waals surface area contributed by atoms with E-state index in [1.54, 1.807) is 0 Å². The highest BCUT2D eigenvalue weighted by molar-refractivity contribution is 5.76. The minimum Gasteiger partial charge on any atom is -0.381 e. The Kier molecular flexibility index (Phi) is 8.02. The molecule has 5 nitrogen and oxygen atoms in total. The zero-order valence-corrected chi connectivity index (χ0v) is 15.8. The molecule has 0 aromatic rings. The van der Waals surface area contributed by atoms with E-state index in [4.69, 9.17) is 9.47 Å². The van der Waals surface area contributed by atoms with Gasteiger partial charge in [0.15, 0.2) is 0 Å². The van der Waals surface area contributed by atoms with Crippen LogP contribution in [-0.4, -0.2) is 74.4 Å². The van der Waals surface area contributed by atoms with Gasteiger partial charge >= 0.3 is 0 Å². The third kappa shape index (κ3) is 6.22. The number of ether oxygens (including phenoxy) is 2. The lowest BCUT2D eigenvalue weighted by Gasteiger charge is -2.36. The van der Waals surface area contributed by atoms with Gasteiger partial charge in [0.1, 0.15) is 0 Å². The van der Waals surface area contributed by atoms with Crippen molar-refractivity contribution in [2.45, 2.75) is 63.8 Å². The highest BCUT2D eigenvalue weighted by Gasteiger charge is 2.28. The lowest BCUT2D eigenvalue weighted by atomic mass is 9.86. The Bertz CT molecular complexity index is 386. The summed E-state index contributed by atoms with van der Waals surface area (Å²) >= 11 is 0. The summed E-state index contributed by atoms with van der Waals surface area (Å²) in [5.74, 6) is 1.03. The number of amides is 1. The molecule has 0 atom stereocenters. The number of nitrogens with zero attached hydrogens (tertiary/aromatic N) is 2. The Morgan fingerprint density at radius 2 is 1.60 bits per heavy atom. The number of rotatable bonds is 7. The van der Waals surface area contributed by atoms with E-state index in [0.717, 1.165) is 78.3 Å². The summed E-state index contributed by atoms with van der Waals surface area (Å²) in [6.45, 7) is 7.38. The van der Waals surface area contributed by atoms with Crippen LogP contribution in [0.25, 0.3) is 0 Å². The monoisotopic (exact) mass is 352 g/mol. The molecular formula is C20H36N2O3. The van der Waals surface area contributed by atoms with Crippen LogP contribution in [0.1, 0.15) is 57.8 Å². The quantitative estimate of drug-likeness (QED) is 0.706. The van der Waals surface area contributed by atoms with Gasteiger partial charge in [0.2, 0.25) is 5.91 Å². The first-order valence-corrected chi connectivity index (χ1v) is 10.5. The molecule has 5 heteroatoms. The van der Waals surface area contributed by atoms with Gasteiger partial charge in [-0.1, -0.05) is 19.3 Å². The van der Waals surface area contributed by atoms with E-state index in [9.17, 15) is 4.79 Å². The fourth-order valence-corrected chi connectivity index (χ4v) is 4.55. The van der Waals surface area contributed by atoms with E-state index < -0.39 is 0 Å². The van der Waals surface area contributed by atoms with Crippen molar-refractivity contribution in [2.24, 2.45) is 5.92 Å². The minimum atomic E-state index is 0.398. The van der Waals surface area contributed by atoms with Crippen molar-refractivity contribution in [1.29, 1.82) is 0 Å². The molecule has 2 aliphatic heterocycles. The van der Waals surface area contributed by atoms with Gasteiger partial charge in [-0.25, -0.2) is 0 Å². The predicted molar refractivity (Wildman–Crippen MR) is 98.6 cm³/mol. The van der Waals surface area contributed by atoms with Crippen molar-refractivity contribution in [3.8, 4) is 0 Å². The van der Waals surface area contributed by atoms with Gasteiger partial charge in [0.25, 0.3) is 0 Å². The number of carbonyl (C=O) groups is 1. The molecule has 0 unspecified atom stereocenters. The Labute approximate surface area is 153 Å². The van der Waals surface area contributed by atoms with Crippen LogP contribution in [0.15, 0.2) is 0 Å². The maximum atomic E-state index is 13.0. The fraction of sp³-hybridized carbons (Fsp3) is 0.950. The van der Waals surface area contributed by atoms with E-state index in [-0.39, 0.29) is 0 Å². The first kappa shape index (κ1) is 19.1. The Morgan fingerprint density at radius 1 is 0.920 bits per heavy atom. The topological polar surface area (TPSA) is 42.0 Å². The summed E-state index contributed by atoms with van der Waals surface area (Å²) in [5, 5.41) is 0. The molecule has 1 saturated carbocycles. The second-order valence-electron chi connectivity index (χ2n) is 7.95. The number of carbonyl (C=O) groups excluding carboxylic acids is 1. The standard InChI is InChI=1S/C20H36N2O3/c23-20(17-18-5-2-1-3-6-18)22(19-7-13-24-14-8-19)10-4-9-21-11-15-25-16-12-21/h18-19H,1-17H2. The van der Waals surface area contributed by atoms with Crippen LogP contribution in [0.4, 0.5) is 0 Å². The number of hydrogen-bond acceptors (Lipinski definition) is 4. The summed E-state index contributed by atoms with van der Waals surface area (Å²) in [6.07, 6.45) is 10.3. The van der Waals surface area contributed by atoms with Gasteiger partial charge in [-0.2, -0.15) is 0 Å². The average molecular weight is 353 g/mol. The lowest BCUT2D eigenvalue weighted by Crippen LogP contribution is -2.45. The van der Waals surface area contributed by atoms with Crippen molar-refractivity contribution in [3.05, 3.63) is 0 Å². The van der Waals surface area contributed by atoms with Crippen LogP contribution >= 0.6 is 0 Å². The lowest BCUT2D eigenvalue weighted by molar-refractivity contribution is -0.136. The molecule has 1 aliphatic carbocycles. The summed E-state index contributed by atoms with van der Waals surface area (Å²) < 4.78 is 10.9. The fourth-order valence-electron chi connectivity index (χ4n) is 4.55. The second kappa shape index (κ2) is 10.5. The molecule has 2 heterocycles. The molecule has 0 bridgehead atoms. The molecule has 25 heavy (non-hydrogen) atoms. The maximum absolute atomic E-state index is 13.0. The van der Waals surface area contributed by atoms with Crippen molar-refractivity contribution >= 4 is 5.91 Å². The molecule has 0 radical (unpaired) electrons. The molecule has 0 aromatic heterocycles. The zero-order chi connectivity index (χ0) is 17.3. The summed E-state index contributed by atoms with van der Waals surface area (Å²) in [7, 11) is 0. The molecule has 1 amide bonds. The van der Waals surface area contributed by atoms with Crippen molar-refractivity contribution in [1.82, 2.24) is 9.80 Å². The third-order valence-corrected chi connectivity index (χ3v) is 6.12. The van der Waals surface area contributed by atoms with Crippen LogP contribution in [0.2, 0.25) is 0 Å². The first-order chi connectivity index (χ1) is 12.3. The van der Waals surface area contributed by atoms with E-state index in [2.05, 4.69) is 9.80 Å². The number of morpholine rings is 1. The highest BCUT2D eigenvalue weighted by Crippen LogP contribution is 2.28. The zero-order valence-electron chi connectivity index (χ0n) is 15.8. The molecule has 0 N–H and O–H groups in total. The molecular weight excluding hydrogens is 316 g/mol. The smallest absolute Gasteiger partial charge is 0.223 e. The average Bonchev–Trinajstić information content (AvgIpc) is 2.67. The molecule has 3 rings (SSSR count). The second-order valence-corrected chi connectivity index (χ2v) is 7.95. The van der Waals surface area contributed by atoms with Crippen LogP contribution in [0.3, 0.4) is 0 Å². The largest absolute Gasteiger partial charge is 0.381 e. The SMILES string of the molecule is O=C(CC1CCCCC1)N(CCCN1CCOCC1)C1CCOCC1. The molecule has 3 fully saturated rings. The molecule has 0 aromatic carbocycles. The van der Waals surface area contributed by atoms with Crippen molar-refractivity contribution in [2.75, 3.05) is 52.6 Å². The Balaban J connectivity index is 1.49. The van der Waals surface area contributed by atoms with E-state index in [1.807, 2.05) is 0 Å². The van der Waals surface area contributed by atoms with Crippen molar-refractivity contribution in [3.63, 3.8) is 0 Å². The summed E-state index contributed by atoms with van der Waals surface area (Å²) in [6, 6.07) is 0.398. The molecule has 144 valence electrons. The van der Waals surface area contributed by atoms with Crippen LogP contribution in [0.5, 0.6) is 0 Å². The van der Waals surface area contributed by atoms with Crippen LogP contribution in [0, 0.1) is 5.92 Å². The summed E-state index contributed by atoms with van der Waals surface area (Å²) in [4.78, 5) is 17.7. The number of hydrogen-bond donors (Lipinski definition) is 0. The maximum Gasteiger partial charge on any atom is 0.223 e.